The lowest BCUT2D eigenvalue weighted by atomic mass is 10.8. The first-order chi connectivity index (χ1) is 3.56. The van der Waals surface area contributed by atoms with E-state index in [1.807, 2.05) is 0 Å². The number of halogens is 1. The zero-order valence-electron chi connectivity index (χ0n) is 4.00. The van der Waals surface area contributed by atoms with E-state index in [2.05, 4.69) is 4.29 Å². The Labute approximate surface area is 48.4 Å². The van der Waals surface area contributed by atoms with Gasteiger partial charge in [0.2, 0.25) is 6.61 Å². The monoisotopic (exact) mass is 143 g/mol. The predicted octanol–water partition coefficient (Wildman–Crippen LogP) is -4.14. The molecule has 0 radical (unpaired) electrons. The SMILES string of the molecule is NCCO[Cl+3]([O-])([O-])[O-]. The molecule has 0 aliphatic carbocycles. The van der Waals surface area contributed by atoms with Crippen molar-refractivity contribution >= 4 is 0 Å². The van der Waals surface area contributed by atoms with Gasteiger partial charge in [-0.1, -0.05) is 0 Å². The molecule has 0 bridgehead atoms. The van der Waals surface area contributed by atoms with Gasteiger partial charge >= 0.3 is 0 Å². The number of rotatable bonds is 3. The lowest BCUT2D eigenvalue weighted by Crippen LogP contribution is -2.61. The Kier molecular flexibility index (Phi) is 3.22. The Morgan fingerprint density at radius 2 is 1.88 bits per heavy atom. The molecular formula is C2H6ClNO4. The second-order valence-electron chi connectivity index (χ2n) is 0.980. The van der Waals surface area contributed by atoms with Crippen LogP contribution in [0.2, 0.25) is 0 Å². The van der Waals surface area contributed by atoms with Crippen LogP contribution in [0.15, 0.2) is 0 Å². The second-order valence-corrected chi connectivity index (χ2v) is 1.95. The molecule has 6 heteroatoms. The first-order valence-electron chi connectivity index (χ1n) is 1.81. The van der Waals surface area contributed by atoms with Crippen LogP contribution in [0.3, 0.4) is 0 Å². The van der Waals surface area contributed by atoms with E-state index in [4.69, 9.17) is 5.73 Å². The molecular weight excluding hydrogens is 137 g/mol. The van der Waals surface area contributed by atoms with E-state index in [0.29, 0.717) is 0 Å². The molecule has 0 atom stereocenters. The fourth-order valence-corrected chi connectivity index (χ4v) is 0.417. The van der Waals surface area contributed by atoms with Gasteiger partial charge in [0.05, 0.1) is 14.5 Å². The maximum atomic E-state index is 9.53. The van der Waals surface area contributed by atoms with Gasteiger partial charge < -0.3 is 5.73 Å². The summed E-state index contributed by atoms with van der Waals surface area (Å²) in [5.41, 5.74) is 4.80. The van der Waals surface area contributed by atoms with Crippen LogP contribution < -0.4 is 19.7 Å². The van der Waals surface area contributed by atoms with Gasteiger partial charge in [-0.15, -0.1) is 0 Å². The number of nitrogens with two attached hydrogens (primary N) is 1. The average Bonchev–Trinajstić information content (AvgIpc) is 1.59. The summed E-state index contributed by atoms with van der Waals surface area (Å²) in [6.45, 7) is -0.234. The van der Waals surface area contributed by atoms with Crippen molar-refractivity contribution in [3.63, 3.8) is 0 Å². The summed E-state index contributed by atoms with van der Waals surface area (Å²) in [5, 5.41) is 0. The van der Waals surface area contributed by atoms with Crippen molar-refractivity contribution in [2.24, 2.45) is 5.73 Å². The molecule has 50 valence electrons. The molecule has 0 fully saturated rings. The van der Waals surface area contributed by atoms with Crippen LogP contribution in [-0.2, 0) is 4.29 Å². The lowest BCUT2D eigenvalue weighted by Gasteiger charge is -2.11. The highest BCUT2D eigenvalue weighted by atomic mass is 35.7. The van der Waals surface area contributed by atoms with Crippen LogP contribution in [0.25, 0.3) is 0 Å². The standard InChI is InChI=1S/C2H6ClNO4/c4-1-2-8-3(5,6)7/h1-2,4H2. The highest BCUT2D eigenvalue weighted by molar-refractivity contribution is 4.19. The van der Waals surface area contributed by atoms with E-state index in [1.165, 1.54) is 0 Å². The van der Waals surface area contributed by atoms with Gasteiger partial charge in [-0.3, -0.25) is 0 Å². The first-order valence-corrected chi connectivity index (χ1v) is 3.05. The van der Waals surface area contributed by atoms with Crippen molar-refractivity contribution in [1.82, 2.24) is 0 Å². The molecule has 0 aromatic heterocycles. The van der Waals surface area contributed by atoms with E-state index in [9.17, 15) is 14.0 Å². The van der Waals surface area contributed by atoms with Gasteiger partial charge in [0.15, 0.2) is 0 Å². The molecule has 0 aromatic rings. The van der Waals surface area contributed by atoms with Crippen LogP contribution >= 0.6 is 0 Å². The molecule has 0 rings (SSSR count). The molecule has 0 aliphatic heterocycles. The van der Waals surface area contributed by atoms with Crippen LogP contribution in [0.4, 0.5) is 0 Å². The van der Waals surface area contributed by atoms with Crippen LogP contribution in [-0.4, -0.2) is 13.2 Å². The minimum absolute atomic E-state index is 0.0223. The lowest BCUT2D eigenvalue weighted by molar-refractivity contribution is -1.92. The van der Waals surface area contributed by atoms with E-state index in [0.717, 1.165) is 0 Å². The molecule has 0 spiro atoms. The average molecular weight is 144 g/mol. The van der Waals surface area contributed by atoms with Crippen LogP contribution in [0.1, 0.15) is 0 Å². The summed E-state index contributed by atoms with van der Waals surface area (Å²) in [6.07, 6.45) is 0. The van der Waals surface area contributed by atoms with Crippen molar-refractivity contribution < 1.29 is 28.5 Å². The number of hydrogen-bond donors (Lipinski definition) is 1. The maximum Gasteiger partial charge on any atom is 0.215 e. The molecule has 2 N–H and O–H groups in total. The van der Waals surface area contributed by atoms with Gasteiger partial charge in [0.1, 0.15) is 0 Å². The molecule has 0 saturated heterocycles. The van der Waals surface area contributed by atoms with Gasteiger partial charge in [-0.25, -0.2) is 0 Å². The van der Waals surface area contributed by atoms with Gasteiger partial charge in [-0.05, 0) is 0 Å². The van der Waals surface area contributed by atoms with Crippen LogP contribution in [0.5, 0.6) is 0 Å². The fraction of sp³-hybridized carbons (Fsp3) is 1.00. The van der Waals surface area contributed by atoms with Gasteiger partial charge in [0.25, 0.3) is 0 Å². The van der Waals surface area contributed by atoms with Gasteiger partial charge in [-0.2, -0.15) is 14.0 Å². The Bertz CT molecular complexity index is 61.5. The van der Waals surface area contributed by atoms with Crippen molar-refractivity contribution in [2.45, 2.75) is 0 Å². The molecule has 0 heterocycles. The summed E-state index contributed by atoms with van der Waals surface area (Å²) in [5.74, 6) is 0. The minimum atomic E-state index is -4.27. The summed E-state index contributed by atoms with van der Waals surface area (Å²) in [7, 11) is -4.27. The van der Waals surface area contributed by atoms with E-state index < -0.39 is 10.2 Å². The first kappa shape index (κ1) is 8.09. The van der Waals surface area contributed by atoms with Crippen molar-refractivity contribution in [3.8, 4) is 0 Å². The highest BCUT2D eigenvalue weighted by Crippen LogP contribution is 1.83. The third-order valence-corrected chi connectivity index (χ3v) is 0.750. The van der Waals surface area contributed by atoms with Gasteiger partial charge in [0, 0.05) is 6.54 Å². The molecule has 0 amide bonds. The van der Waals surface area contributed by atoms with Crippen molar-refractivity contribution in [3.05, 3.63) is 0 Å². The second kappa shape index (κ2) is 3.18. The maximum absolute atomic E-state index is 9.53. The topological polar surface area (TPSA) is 104 Å². The third-order valence-electron chi connectivity index (χ3n) is 0.329. The summed E-state index contributed by atoms with van der Waals surface area (Å²) in [4.78, 5) is 0. The van der Waals surface area contributed by atoms with E-state index >= 15 is 0 Å². The predicted molar refractivity (Wildman–Crippen MR) is 15.0 cm³/mol. The smallest absolute Gasteiger partial charge is 0.215 e. The van der Waals surface area contributed by atoms with Crippen molar-refractivity contribution in [1.29, 1.82) is 0 Å². The van der Waals surface area contributed by atoms with E-state index in [-0.39, 0.29) is 13.2 Å². The van der Waals surface area contributed by atoms with Crippen molar-refractivity contribution in [2.75, 3.05) is 13.2 Å². The Morgan fingerprint density at radius 1 is 1.38 bits per heavy atom. The molecule has 0 aliphatic rings. The zero-order valence-corrected chi connectivity index (χ0v) is 4.76. The van der Waals surface area contributed by atoms with Crippen LogP contribution in [0, 0.1) is 10.2 Å². The molecule has 5 nitrogen and oxygen atoms in total. The number of hydrogen-bond acceptors (Lipinski definition) is 5. The molecule has 8 heavy (non-hydrogen) atoms. The summed E-state index contributed by atoms with van der Waals surface area (Å²) in [6, 6.07) is 0. The molecule has 0 saturated carbocycles. The minimum Gasteiger partial charge on any atom is -0.328 e. The normalized spacial score (nSPS) is 12.0. The zero-order chi connectivity index (χ0) is 6.62. The largest absolute Gasteiger partial charge is 0.328 e. The quantitative estimate of drug-likeness (QED) is 0.432. The van der Waals surface area contributed by atoms with E-state index in [1.54, 1.807) is 0 Å². The summed E-state index contributed by atoms with van der Waals surface area (Å²) < 4.78 is 32.2. The molecule has 0 unspecified atom stereocenters. The fourth-order valence-electron chi connectivity index (χ4n) is 0.139. The Morgan fingerprint density at radius 3 is 2.00 bits per heavy atom. The third kappa shape index (κ3) is 6.09. The highest BCUT2D eigenvalue weighted by Gasteiger charge is 2.14. The summed E-state index contributed by atoms with van der Waals surface area (Å²) >= 11 is 0. The molecule has 0 aromatic carbocycles. The Balaban J connectivity index is 3.11. The Hall–Kier alpha value is 0.0900.